The second-order valence-electron chi connectivity index (χ2n) is 5.93. The summed E-state index contributed by atoms with van der Waals surface area (Å²) in [6, 6.07) is 20.2. The van der Waals surface area contributed by atoms with Crippen LogP contribution in [0, 0.1) is 0 Å². The van der Waals surface area contributed by atoms with Gasteiger partial charge in [-0.15, -0.1) is 0 Å². The topological polar surface area (TPSA) is 103 Å². The van der Waals surface area contributed by atoms with Crippen molar-refractivity contribution in [1.82, 2.24) is 0 Å². The molecule has 0 aliphatic carbocycles. The molecule has 0 saturated heterocycles. The number of hydrogen-bond donors (Lipinski definition) is 2. The first kappa shape index (κ1) is 17.7. The third kappa shape index (κ3) is 3.75. The van der Waals surface area contributed by atoms with Crippen LogP contribution >= 0.6 is 0 Å². The van der Waals surface area contributed by atoms with E-state index in [0.29, 0.717) is 16.8 Å². The maximum Gasteiger partial charge on any atom is 0.248 e. The summed E-state index contributed by atoms with van der Waals surface area (Å²) in [6.45, 7) is 0. The lowest BCUT2D eigenvalue weighted by atomic mass is 9.99. The summed E-state index contributed by atoms with van der Waals surface area (Å²) >= 11 is 0. The molecule has 0 aliphatic heterocycles. The van der Waals surface area contributed by atoms with Crippen molar-refractivity contribution in [2.45, 2.75) is 10.6 Å². The van der Waals surface area contributed by atoms with Crippen LogP contribution in [0.2, 0.25) is 0 Å². The molecule has 0 aliphatic rings. The zero-order valence-electron chi connectivity index (χ0n) is 13.9. The number of hydrogen-bond acceptors (Lipinski definition) is 4. The van der Waals surface area contributed by atoms with Gasteiger partial charge in [0.25, 0.3) is 0 Å². The maximum atomic E-state index is 12.7. The number of sulfone groups is 1. The van der Waals surface area contributed by atoms with Crippen molar-refractivity contribution in [1.29, 1.82) is 0 Å². The minimum Gasteiger partial charge on any atom is -0.399 e. The Labute approximate surface area is 152 Å². The highest BCUT2D eigenvalue weighted by Gasteiger charge is 2.18. The molecule has 0 atom stereocenters. The van der Waals surface area contributed by atoms with Gasteiger partial charge in [-0.3, -0.25) is 4.79 Å². The van der Waals surface area contributed by atoms with E-state index in [9.17, 15) is 13.2 Å². The van der Waals surface area contributed by atoms with Gasteiger partial charge in [-0.25, -0.2) is 8.42 Å². The molecule has 0 radical (unpaired) electrons. The van der Waals surface area contributed by atoms with E-state index in [-0.39, 0.29) is 10.6 Å². The number of anilines is 1. The predicted octanol–water partition coefficient (Wildman–Crippen LogP) is 3.01. The van der Waals surface area contributed by atoms with E-state index >= 15 is 0 Å². The van der Waals surface area contributed by atoms with Crippen LogP contribution in [0.5, 0.6) is 0 Å². The fraction of sp³-hybridized carbons (Fsp3) is 0.0500. The Bertz CT molecular complexity index is 1040. The van der Waals surface area contributed by atoms with E-state index in [1.54, 1.807) is 48.5 Å². The Morgan fingerprint density at radius 3 is 2.08 bits per heavy atom. The number of nitrogens with two attached hydrogens (primary N) is 2. The molecular formula is C20H18N2O3S. The fourth-order valence-electron chi connectivity index (χ4n) is 2.71. The van der Waals surface area contributed by atoms with Gasteiger partial charge in [0.1, 0.15) is 0 Å². The number of carbonyl (C=O) groups is 1. The molecule has 3 aromatic carbocycles. The number of nitrogen functional groups attached to an aromatic ring is 1. The highest BCUT2D eigenvalue weighted by molar-refractivity contribution is 7.90. The lowest BCUT2D eigenvalue weighted by molar-refractivity contribution is 0.100. The summed E-state index contributed by atoms with van der Waals surface area (Å²) in [5.41, 5.74) is 14.1. The molecule has 0 saturated carbocycles. The molecule has 0 fully saturated rings. The van der Waals surface area contributed by atoms with Crippen LogP contribution in [0.25, 0.3) is 11.1 Å². The van der Waals surface area contributed by atoms with Crippen molar-refractivity contribution in [3.63, 3.8) is 0 Å². The predicted molar refractivity (Wildman–Crippen MR) is 102 cm³/mol. The first-order valence-electron chi connectivity index (χ1n) is 7.93. The lowest BCUT2D eigenvalue weighted by Gasteiger charge is -2.11. The first-order valence-corrected chi connectivity index (χ1v) is 9.58. The van der Waals surface area contributed by atoms with Crippen LogP contribution < -0.4 is 11.5 Å². The third-order valence-corrected chi connectivity index (χ3v) is 5.76. The van der Waals surface area contributed by atoms with Crippen molar-refractivity contribution in [2.75, 3.05) is 5.73 Å². The van der Waals surface area contributed by atoms with Gasteiger partial charge in [0.2, 0.25) is 5.91 Å². The second-order valence-corrected chi connectivity index (χ2v) is 7.92. The smallest absolute Gasteiger partial charge is 0.248 e. The molecule has 3 rings (SSSR count). The summed E-state index contributed by atoms with van der Waals surface area (Å²) in [5.74, 6) is -0.638. The second kappa shape index (κ2) is 7.01. The fourth-order valence-corrected chi connectivity index (χ4v) is 4.08. The Morgan fingerprint density at radius 1 is 0.846 bits per heavy atom. The standard InChI is InChI=1S/C20H18N2O3S/c21-17-9-11-18(12-10-17)26(24,25)13-16-3-1-2-4-19(16)14-5-7-15(8-6-14)20(22)23/h1-12H,13,21H2,(H2,22,23). The molecule has 3 aromatic rings. The number of benzene rings is 3. The number of amides is 1. The van der Waals surface area contributed by atoms with E-state index in [2.05, 4.69) is 0 Å². The van der Waals surface area contributed by atoms with Gasteiger partial charge in [0.15, 0.2) is 9.84 Å². The zero-order chi connectivity index (χ0) is 18.7. The molecule has 6 heteroatoms. The van der Waals surface area contributed by atoms with Gasteiger partial charge in [-0.05, 0) is 53.1 Å². The normalized spacial score (nSPS) is 11.2. The molecule has 0 aromatic heterocycles. The SMILES string of the molecule is NC(=O)c1ccc(-c2ccccc2CS(=O)(=O)c2ccc(N)cc2)cc1. The Morgan fingerprint density at radius 2 is 1.46 bits per heavy atom. The van der Waals surface area contributed by atoms with Crippen LogP contribution in [0.15, 0.2) is 77.7 Å². The number of rotatable bonds is 5. The highest BCUT2D eigenvalue weighted by atomic mass is 32.2. The van der Waals surface area contributed by atoms with Gasteiger partial charge in [-0.2, -0.15) is 0 Å². The van der Waals surface area contributed by atoms with Gasteiger partial charge in [0.05, 0.1) is 10.6 Å². The highest BCUT2D eigenvalue weighted by Crippen LogP contribution is 2.27. The van der Waals surface area contributed by atoms with Gasteiger partial charge < -0.3 is 11.5 Å². The number of primary amides is 1. The third-order valence-electron chi connectivity index (χ3n) is 4.08. The molecule has 0 spiro atoms. The average molecular weight is 366 g/mol. The minimum absolute atomic E-state index is 0.134. The molecule has 0 heterocycles. The molecular weight excluding hydrogens is 348 g/mol. The Hall–Kier alpha value is -3.12. The molecule has 4 N–H and O–H groups in total. The van der Waals surface area contributed by atoms with Crippen molar-refractivity contribution >= 4 is 21.4 Å². The Kier molecular flexibility index (Phi) is 4.77. The maximum absolute atomic E-state index is 12.7. The summed E-state index contributed by atoms with van der Waals surface area (Å²) in [5, 5.41) is 0. The molecule has 0 bridgehead atoms. The first-order chi connectivity index (χ1) is 12.4. The average Bonchev–Trinajstić information content (AvgIpc) is 2.62. The minimum atomic E-state index is -3.51. The molecule has 5 nitrogen and oxygen atoms in total. The molecule has 1 amide bonds. The van der Waals surface area contributed by atoms with Crippen molar-refractivity contribution < 1.29 is 13.2 Å². The van der Waals surface area contributed by atoms with Crippen LogP contribution in [0.3, 0.4) is 0 Å². The van der Waals surface area contributed by atoms with Crippen LogP contribution in [0.4, 0.5) is 5.69 Å². The van der Waals surface area contributed by atoms with E-state index in [0.717, 1.165) is 11.1 Å². The molecule has 0 unspecified atom stereocenters. The van der Waals surface area contributed by atoms with E-state index in [1.807, 2.05) is 12.1 Å². The summed E-state index contributed by atoms with van der Waals surface area (Å²) < 4.78 is 25.5. The summed E-state index contributed by atoms with van der Waals surface area (Å²) in [4.78, 5) is 11.4. The van der Waals surface area contributed by atoms with E-state index in [4.69, 9.17) is 11.5 Å². The van der Waals surface area contributed by atoms with Gasteiger partial charge >= 0.3 is 0 Å². The lowest BCUT2D eigenvalue weighted by Crippen LogP contribution is -2.10. The Balaban J connectivity index is 1.97. The van der Waals surface area contributed by atoms with Crippen molar-refractivity contribution in [3.05, 3.63) is 83.9 Å². The number of carbonyl (C=O) groups excluding carboxylic acids is 1. The zero-order valence-corrected chi connectivity index (χ0v) is 14.7. The summed E-state index contributed by atoms with van der Waals surface area (Å²) in [7, 11) is -3.51. The monoisotopic (exact) mass is 366 g/mol. The molecule has 132 valence electrons. The molecule has 26 heavy (non-hydrogen) atoms. The van der Waals surface area contributed by atoms with Crippen molar-refractivity contribution in [3.8, 4) is 11.1 Å². The van der Waals surface area contributed by atoms with Crippen LogP contribution in [-0.2, 0) is 15.6 Å². The van der Waals surface area contributed by atoms with Crippen molar-refractivity contribution in [2.24, 2.45) is 5.73 Å². The van der Waals surface area contributed by atoms with Crippen LogP contribution in [-0.4, -0.2) is 14.3 Å². The largest absolute Gasteiger partial charge is 0.399 e. The van der Waals surface area contributed by atoms with E-state index < -0.39 is 15.7 Å². The van der Waals surface area contributed by atoms with E-state index in [1.165, 1.54) is 12.1 Å². The van der Waals surface area contributed by atoms with Gasteiger partial charge in [-0.1, -0.05) is 36.4 Å². The van der Waals surface area contributed by atoms with Crippen LogP contribution in [0.1, 0.15) is 15.9 Å². The van der Waals surface area contributed by atoms with Gasteiger partial charge in [0, 0.05) is 11.3 Å². The summed E-state index contributed by atoms with van der Waals surface area (Å²) in [6.07, 6.45) is 0. The quantitative estimate of drug-likeness (QED) is 0.677.